The molecule has 1 heterocycles. The van der Waals surface area contributed by atoms with Gasteiger partial charge in [0.05, 0.1) is 19.8 Å². The minimum absolute atomic E-state index is 0.197. The van der Waals surface area contributed by atoms with Crippen LogP contribution < -0.4 is 0 Å². The van der Waals surface area contributed by atoms with E-state index in [2.05, 4.69) is 6.58 Å². The maximum atomic E-state index is 6.05. The van der Waals surface area contributed by atoms with Crippen LogP contribution in [0.1, 0.15) is 5.56 Å². The van der Waals surface area contributed by atoms with Crippen LogP contribution in [0.3, 0.4) is 0 Å². The fourth-order valence-corrected chi connectivity index (χ4v) is 2.47. The standard InChI is InChI=1S/C17H24O5/c1-4-10-20-17-16(19-3)15(14(18-2)12-22-17)21-11-13-8-6-5-7-9-13/h4-9,14-17H,1,10-12H2,2-3H3/t14-,15-,16+,17+/m0/s1. The summed E-state index contributed by atoms with van der Waals surface area (Å²) in [6, 6.07) is 10.00. The van der Waals surface area contributed by atoms with Gasteiger partial charge in [0.2, 0.25) is 0 Å². The third kappa shape index (κ3) is 4.38. The highest BCUT2D eigenvalue weighted by Gasteiger charge is 2.42. The van der Waals surface area contributed by atoms with Gasteiger partial charge in [0.15, 0.2) is 6.29 Å². The van der Waals surface area contributed by atoms with E-state index >= 15 is 0 Å². The number of benzene rings is 1. The summed E-state index contributed by atoms with van der Waals surface area (Å²) in [6.07, 6.45) is 0.367. The second-order valence-corrected chi connectivity index (χ2v) is 5.06. The van der Waals surface area contributed by atoms with Gasteiger partial charge in [-0.2, -0.15) is 0 Å². The molecule has 4 atom stereocenters. The lowest BCUT2D eigenvalue weighted by Gasteiger charge is -2.40. The second-order valence-electron chi connectivity index (χ2n) is 5.06. The van der Waals surface area contributed by atoms with Crippen LogP contribution in [0.25, 0.3) is 0 Å². The molecule has 1 aromatic rings. The minimum Gasteiger partial charge on any atom is -0.376 e. The molecule has 122 valence electrons. The second kappa shape index (κ2) is 9.02. The van der Waals surface area contributed by atoms with E-state index in [1.54, 1.807) is 20.3 Å². The van der Waals surface area contributed by atoms with E-state index in [0.717, 1.165) is 5.56 Å². The molecule has 0 amide bonds. The molecule has 1 aliphatic rings. The first-order chi connectivity index (χ1) is 10.8. The third-order valence-electron chi connectivity index (χ3n) is 3.62. The van der Waals surface area contributed by atoms with E-state index in [9.17, 15) is 0 Å². The van der Waals surface area contributed by atoms with Gasteiger partial charge in [0, 0.05) is 14.2 Å². The summed E-state index contributed by atoms with van der Waals surface area (Å²) in [7, 11) is 3.26. The lowest BCUT2D eigenvalue weighted by Crippen LogP contribution is -2.56. The van der Waals surface area contributed by atoms with Gasteiger partial charge in [-0.3, -0.25) is 0 Å². The van der Waals surface area contributed by atoms with Crippen molar-refractivity contribution in [2.45, 2.75) is 31.2 Å². The van der Waals surface area contributed by atoms with Crippen LogP contribution in [0.5, 0.6) is 0 Å². The normalized spacial score (nSPS) is 28.5. The van der Waals surface area contributed by atoms with E-state index in [1.807, 2.05) is 30.3 Å². The number of methoxy groups -OCH3 is 2. The summed E-state index contributed by atoms with van der Waals surface area (Å²) in [4.78, 5) is 0. The van der Waals surface area contributed by atoms with Gasteiger partial charge in [-0.05, 0) is 5.56 Å². The molecule has 0 spiro atoms. The van der Waals surface area contributed by atoms with Gasteiger partial charge in [-0.15, -0.1) is 6.58 Å². The zero-order chi connectivity index (χ0) is 15.8. The molecule has 5 heteroatoms. The molecule has 1 aliphatic heterocycles. The Hall–Kier alpha value is -1.24. The van der Waals surface area contributed by atoms with Crippen LogP contribution in [0.15, 0.2) is 43.0 Å². The Labute approximate surface area is 131 Å². The SMILES string of the molecule is C=CCO[C@@H]1OC[C@H](OC)[C@H](OCc2ccccc2)[C@H]1OC. The number of rotatable bonds is 8. The fourth-order valence-electron chi connectivity index (χ4n) is 2.47. The molecule has 1 aromatic carbocycles. The zero-order valence-corrected chi connectivity index (χ0v) is 13.1. The first-order valence-corrected chi connectivity index (χ1v) is 7.35. The first-order valence-electron chi connectivity index (χ1n) is 7.35. The number of hydrogen-bond donors (Lipinski definition) is 0. The Bertz CT molecular complexity index is 436. The van der Waals surface area contributed by atoms with Gasteiger partial charge in [-0.25, -0.2) is 0 Å². The van der Waals surface area contributed by atoms with E-state index in [1.165, 1.54) is 0 Å². The molecule has 5 nitrogen and oxygen atoms in total. The molecule has 0 aliphatic carbocycles. The van der Waals surface area contributed by atoms with Crippen molar-refractivity contribution in [2.75, 3.05) is 27.4 Å². The molecule has 0 aromatic heterocycles. The quantitative estimate of drug-likeness (QED) is 0.689. The maximum Gasteiger partial charge on any atom is 0.186 e. The average molecular weight is 308 g/mol. The van der Waals surface area contributed by atoms with Crippen molar-refractivity contribution in [3.05, 3.63) is 48.6 Å². The van der Waals surface area contributed by atoms with Crippen molar-refractivity contribution in [2.24, 2.45) is 0 Å². The Morgan fingerprint density at radius 3 is 2.55 bits per heavy atom. The van der Waals surface area contributed by atoms with Gasteiger partial charge in [0.1, 0.15) is 18.3 Å². The molecule has 22 heavy (non-hydrogen) atoms. The smallest absolute Gasteiger partial charge is 0.186 e. The Morgan fingerprint density at radius 1 is 1.14 bits per heavy atom. The molecular weight excluding hydrogens is 284 g/mol. The van der Waals surface area contributed by atoms with Gasteiger partial charge < -0.3 is 23.7 Å². The monoisotopic (exact) mass is 308 g/mol. The Morgan fingerprint density at radius 2 is 1.91 bits per heavy atom. The topological polar surface area (TPSA) is 46.2 Å². The zero-order valence-electron chi connectivity index (χ0n) is 13.1. The van der Waals surface area contributed by atoms with Crippen LogP contribution in [0.2, 0.25) is 0 Å². The molecule has 2 rings (SSSR count). The molecule has 1 fully saturated rings. The summed E-state index contributed by atoms with van der Waals surface area (Å²) in [6.45, 7) is 4.93. The summed E-state index contributed by atoms with van der Waals surface area (Å²) in [5.74, 6) is 0. The van der Waals surface area contributed by atoms with E-state index in [-0.39, 0.29) is 18.3 Å². The summed E-state index contributed by atoms with van der Waals surface area (Å²) >= 11 is 0. The Balaban J connectivity index is 2.02. The predicted molar refractivity (Wildman–Crippen MR) is 82.5 cm³/mol. The molecule has 1 saturated heterocycles. The first kappa shape index (κ1) is 17.1. The highest BCUT2D eigenvalue weighted by Crippen LogP contribution is 2.24. The van der Waals surface area contributed by atoms with Crippen molar-refractivity contribution >= 4 is 0 Å². The van der Waals surface area contributed by atoms with Gasteiger partial charge >= 0.3 is 0 Å². The molecule has 0 unspecified atom stereocenters. The van der Waals surface area contributed by atoms with E-state index in [0.29, 0.717) is 19.8 Å². The van der Waals surface area contributed by atoms with Crippen LogP contribution >= 0.6 is 0 Å². The molecule has 0 bridgehead atoms. The minimum atomic E-state index is -0.491. The van der Waals surface area contributed by atoms with Crippen molar-refractivity contribution in [1.82, 2.24) is 0 Å². The van der Waals surface area contributed by atoms with Gasteiger partial charge in [-0.1, -0.05) is 36.4 Å². The van der Waals surface area contributed by atoms with Crippen molar-refractivity contribution in [1.29, 1.82) is 0 Å². The highest BCUT2D eigenvalue weighted by molar-refractivity contribution is 5.13. The Kier molecular flexibility index (Phi) is 7.02. The van der Waals surface area contributed by atoms with Gasteiger partial charge in [0.25, 0.3) is 0 Å². The summed E-state index contributed by atoms with van der Waals surface area (Å²) < 4.78 is 28.3. The third-order valence-corrected chi connectivity index (χ3v) is 3.62. The highest BCUT2D eigenvalue weighted by atomic mass is 16.7. The van der Waals surface area contributed by atoms with Crippen LogP contribution in [0.4, 0.5) is 0 Å². The lowest BCUT2D eigenvalue weighted by molar-refractivity contribution is -0.286. The van der Waals surface area contributed by atoms with Crippen LogP contribution in [-0.2, 0) is 30.3 Å². The fraction of sp³-hybridized carbons (Fsp3) is 0.529. The van der Waals surface area contributed by atoms with Crippen LogP contribution in [0, 0.1) is 0 Å². The van der Waals surface area contributed by atoms with E-state index in [4.69, 9.17) is 23.7 Å². The van der Waals surface area contributed by atoms with E-state index < -0.39 is 6.29 Å². The lowest BCUT2D eigenvalue weighted by atomic mass is 10.0. The number of ether oxygens (including phenoxy) is 5. The molecule has 0 radical (unpaired) electrons. The average Bonchev–Trinajstić information content (AvgIpc) is 2.58. The number of hydrogen-bond acceptors (Lipinski definition) is 5. The molecule has 0 saturated carbocycles. The van der Waals surface area contributed by atoms with Crippen LogP contribution in [-0.4, -0.2) is 52.0 Å². The summed E-state index contributed by atoms with van der Waals surface area (Å²) in [5, 5.41) is 0. The summed E-state index contributed by atoms with van der Waals surface area (Å²) in [5.41, 5.74) is 1.10. The predicted octanol–water partition coefficient (Wildman–Crippen LogP) is 2.16. The molecular formula is C17H24O5. The van der Waals surface area contributed by atoms with Crippen molar-refractivity contribution < 1.29 is 23.7 Å². The maximum absolute atomic E-state index is 6.05. The van der Waals surface area contributed by atoms with Crippen molar-refractivity contribution in [3.8, 4) is 0 Å². The largest absolute Gasteiger partial charge is 0.376 e. The molecule has 0 N–H and O–H groups in total. The van der Waals surface area contributed by atoms with Crippen molar-refractivity contribution in [3.63, 3.8) is 0 Å².